The van der Waals surface area contributed by atoms with Gasteiger partial charge in [0.2, 0.25) is 20.0 Å². The first kappa shape index (κ1) is 39.5. The molecule has 1 aliphatic rings. The van der Waals surface area contributed by atoms with Crippen molar-refractivity contribution in [1.29, 1.82) is 0 Å². The molecule has 0 radical (unpaired) electrons. The van der Waals surface area contributed by atoms with Crippen molar-refractivity contribution < 1.29 is 46.3 Å². The lowest BCUT2D eigenvalue weighted by Crippen LogP contribution is -2.47. The number of rotatable bonds is 13. The van der Waals surface area contributed by atoms with Crippen molar-refractivity contribution in [1.82, 2.24) is 20.0 Å². The first-order valence-corrected chi connectivity index (χ1v) is 18.1. The number of benzene rings is 3. The topological polar surface area (TPSA) is 201 Å². The number of nitrogens with zero attached hydrogens (tertiary/aromatic N) is 1. The third-order valence-electron chi connectivity index (χ3n) is 7.16. The SMILES string of the molecule is CC#CCOc1ccc(S(=O)(=O)N2CCCC2C(=O)NO)cc1.CC#CCOc1ccc(S(=O)(=O)NC(Cc2ccccc2)C(=O)NO)cc1. The zero-order valence-electron chi connectivity index (χ0n) is 27.3. The Bertz CT molecular complexity index is 1920. The Hall–Kier alpha value is -4.94. The van der Waals surface area contributed by atoms with Crippen LogP contribution >= 0.6 is 0 Å². The van der Waals surface area contributed by atoms with Crippen molar-refractivity contribution in [2.24, 2.45) is 0 Å². The molecule has 0 bridgehead atoms. The van der Waals surface area contributed by atoms with Crippen LogP contribution in [-0.2, 0) is 36.1 Å². The lowest BCUT2D eigenvalue weighted by Gasteiger charge is -2.22. The summed E-state index contributed by atoms with van der Waals surface area (Å²) >= 11 is 0. The van der Waals surface area contributed by atoms with E-state index in [1.807, 2.05) is 6.07 Å². The second kappa shape index (κ2) is 19.3. The van der Waals surface area contributed by atoms with Crippen molar-refractivity contribution in [2.75, 3.05) is 19.8 Å². The second-order valence-electron chi connectivity index (χ2n) is 10.5. The minimum Gasteiger partial charge on any atom is -0.481 e. The number of amides is 2. The molecule has 3 aromatic rings. The first-order valence-electron chi connectivity index (χ1n) is 15.2. The molecule has 1 heterocycles. The Morgan fingerprint density at radius 2 is 1.36 bits per heavy atom. The quantitative estimate of drug-likeness (QED) is 0.0989. The van der Waals surface area contributed by atoms with Crippen LogP contribution in [0.3, 0.4) is 0 Å². The Morgan fingerprint density at radius 1 is 0.820 bits per heavy atom. The fourth-order valence-corrected chi connectivity index (χ4v) is 7.53. The van der Waals surface area contributed by atoms with E-state index in [9.17, 15) is 26.4 Å². The van der Waals surface area contributed by atoms with Gasteiger partial charge in [0.25, 0.3) is 11.8 Å². The molecule has 4 rings (SSSR count). The zero-order chi connectivity index (χ0) is 36.6. The highest BCUT2D eigenvalue weighted by molar-refractivity contribution is 7.89. The van der Waals surface area contributed by atoms with Gasteiger partial charge in [-0.1, -0.05) is 42.2 Å². The first-order chi connectivity index (χ1) is 24.0. The van der Waals surface area contributed by atoms with Crippen LogP contribution in [0, 0.1) is 23.7 Å². The standard InChI is InChI=1S/C19H20N2O5S.C15H18N2O5S/c1-2-3-13-26-16-9-11-17(12-10-16)27(24,25)21-18(19(22)20-23)14-15-7-5-4-6-8-15;1-2-3-11-22-12-6-8-13(9-7-12)23(20,21)17-10-4-5-14(17)15(18)16-19/h4-12,18,21,23H,13-14H2,1H3,(H,20,22);6-9,14,19H,4-5,10-11H2,1H3,(H,16,18). The van der Waals surface area contributed by atoms with Crippen molar-refractivity contribution in [3.05, 3.63) is 84.4 Å². The predicted octanol–water partition coefficient (Wildman–Crippen LogP) is 2.23. The fourth-order valence-electron chi connectivity index (χ4n) is 4.68. The highest BCUT2D eigenvalue weighted by Crippen LogP contribution is 2.27. The normalized spacial score (nSPS) is 14.7. The van der Waals surface area contributed by atoms with Gasteiger partial charge in [0.05, 0.1) is 9.79 Å². The molecule has 5 N–H and O–H groups in total. The molecule has 1 saturated heterocycles. The number of carbonyl (C=O) groups excluding carboxylic acids is 2. The van der Waals surface area contributed by atoms with E-state index < -0.39 is 43.9 Å². The van der Waals surface area contributed by atoms with E-state index >= 15 is 0 Å². The lowest BCUT2D eigenvalue weighted by atomic mass is 10.1. The number of hydrogen-bond donors (Lipinski definition) is 5. The van der Waals surface area contributed by atoms with Gasteiger partial charge in [-0.3, -0.25) is 20.0 Å². The van der Waals surface area contributed by atoms with Gasteiger partial charge in [0.1, 0.15) is 36.8 Å². The Labute approximate surface area is 291 Å². The van der Waals surface area contributed by atoms with Gasteiger partial charge in [0, 0.05) is 6.54 Å². The van der Waals surface area contributed by atoms with Crippen LogP contribution < -0.4 is 25.2 Å². The second-order valence-corrected chi connectivity index (χ2v) is 14.1. The molecule has 0 aromatic heterocycles. The zero-order valence-corrected chi connectivity index (χ0v) is 29.0. The van der Waals surface area contributed by atoms with Gasteiger partial charge >= 0.3 is 0 Å². The molecule has 266 valence electrons. The van der Waals surface area contributed by atoms with Crippen molar-refractivity contribution in [3.63, 3.8) is 0 Å². The summed E-state index contributed by atoms with van der Waals surface area (Å²) in [6.07, 6.45) is 1.03. The summed E-state index contributed by atoms with van der Waals surface area (Å²) < 4.78 is 64.6. The van der Waals surface area contributed by atoms with Gasteiger partial charge in [0.15, 0.2) is 0 Å². The van der Waals surface area contributed by atoms with Crippen molar-refractivity contribution in [3.8, 4) is 35.2 Å². The van der Waals surface area contributed by atoms with Crippen LogP contribution in [0.1, 0.15) is 32.3 Å². The molecule has 2 unspecified atom stereocenters. The van der Waals surface area contributed by atoms with E-state index in [0.717, 1.165) is 9.87 Å². The summed E-state index contributed by atoms with van der Waals surface area (Å²) in [6, 6.07) is 18.5. The molecule has 1 fully saturated rings. The molecule has 2 amide bonds. The van der Waals surface area contributed by atoms with Crippen LogP contribution in [0.25, 0.3) is 0 Å². The third-order valence-corrected chi connectivity index (χ3v) is 10.6. The van der Waals surface area contributed by atoms with E-state index in [-0.39, 0.29) is 36.0 Å². The molecule has 14 nitrogen and oxygen atoms in total. The van der Waals surface area contributed by atoms with E-state index in [1.54, 1.807) is 50.2 Å². The molecule has 2 atom stereocenters. The summed E-state index contributed by atoms with van der Waals surface area (Å²) in [7, 11) is -7.79. The van der Waals surface area contributed by atoms with Crippen molar-refractivity contribution in [2.45, 2.75) is 55.0 Å². The largest absolute Gasteiger partial charge is 0.481 e. The predicted molar refractivity (Wildman–Crippen MR) is 182 cm³/mol. The minimum absolute atomic E-state index is 0.0276. The number of nitrogens with one attached hydrogen (secondary N) is 3. The Kier molecular flexibility index (Phi) is 15.2. The van der Waals surface area contributed by atoms with Crippen molar-refractivity contribution >= 4 is 31.9 Å². The van der Waals surface area contributed by atoms with Crippen LogP contribution in [0.2, 0.25) is 0 Å². The number of carbonyl (C=O) groups is 2. The highest BCUT2D eigenvalue weighted by Gasteiger charge is 2.39. The average Bonchev–Trinajstić information content (AvgIpc) is 3.63. The van der Waals surface area contributed by atoms with Gasteiger partial charge in [-0.05, 0) is 87.2 Å². The van der Waals surface area contributed by atoms with Gasteiger partial charge < -0.3 is 9.47 Å². The molecular weight excluding hydrogens is 689 g/mol. The maximum atomic E-state index is 12.6. The molecule has 0 spiro atoms. The van der Waals surface area contributed by atoms with Crippen LogP contribution in [0.4, 0.5) is 0 Å². The molecule has 0 aliphatic carbocycles. The minimum atomic E-state index is -3.98. The smallest absolute Gasteiger partial charge is 0.261 e. The molecular formula is C34H38N4O10S2. The number of sulfonamides is 2. The Balaban J connectivity index is 0.000000274. The molecule has 16 heteroatoms. The summed E-state index contributed by atoms with van der Waals surface area (Å²) in [4.78, 5) is 23.6. The van der Waals surface area contributed by atoms with Crippen LogP contribution in [0.15, 0.2) is 88.7 Å². The van der Waals surface area contributed by atoms with E-state index in [1.165, 1.54) is 47.4 Å². The van der Waals surface area contributed by atoms with Gasteiger partial charge in [-0.25, -0.2) is 27.8 Å². The summed E-state index contributed by atoms with van der Waals surface area (Å²) in [5.41, 5.74) is 3.76. The van der Waals surface area contributed by atoms with Crippen LogP contribution in [-0.4, -0.2) is 75.2 Å². The fraction of sp³-hybridized carbons (Fsp3) is 0.294. The van der Waals surface area contributed by atoms with E-state index in [4.69, 9.17) is 19.9 Å². The number of ether oxygens (including phenoxy) is 2. The Morgan fingerprint density at radius 3 is 1.86 bits per heavy atom. The molecule has 0 saturated carbocycles. The summed E-state index contributed by atoms with van der Waals surface area (Å²) in [5.74, 6) is 10.3. The number of hydrogen-bond acceptors (Lipinski definition) is 10. The monoisotopic (exact) mass is 726 g/mol. The van der Waals surface area contributed by atoms with E-state index in [0.29, 0.717) is 24.3 Å². The molecule has 1 aliphatic heterocycles. The van der Waals surface area contributed by atoms with Gasteiger partial charge in [-0.15, -0.1) is 11.8 Å². The number of hydroxylamine groups is 2. The third kappa shape index (κ3) is 11.3. The summed E-state index contributed by atoms with van der Waals surface area (Å²) in [5, 5.41) is 17.7. The maximum Gasteiger partial charge on any atom is 0.261 e. The van der Waals surface area contributed by atoms with Gasteiger partial charge in [-0.2, -0.15) is 9.03 Å². The lowest BCUT2D eigenvalue weighted by molar-refractivity contribution is -0.132. The molecule has 50 heavy (non-hydrogen) atoms. The summed E-state index contributed by atoms with van der Waals surface area (Å²) in [6.45, 7) is 4.07. The molecule has 3 aromatic carbocycles. The highest BCUT2D eigenvalue weighted by atomic mass is 32.2. The average molecular weight is 727 g/mol. The van der Waals surface area contributed by atoms with E-state index in [2.05, 4.69) is 28.4 Å². The van der Waals surface area contributed by atoms with Crippen LogP contribution in [0.5, 0.6) is 11.5 Å². The maximum absolute atomic E-state index is 12.6.